The van der Waals surface area contributed by atoms with Crippen LogP contribution < -0.4 is 28.9 Å². The van der Waals surface area contributed by atoms with Gasteiger partial charge in [0, 0.05) is 22.2 Å². The average Bonchev–Trinajstić information content (AvgIpc) is 2.24. The summed E-state index contributed by atoms with van der Waals surface area (Å²) in [6.07, 6.45) is 1.02. The Morgan fingerprint density at radius 1 is 1.44 bits per heavy atom. The van der Waals surface area contributed by atoms with Crippen LogP contribution in [-0.2, 0) is 6.42 Å². The molecule has 0 spiro atoms. The Morgan fingerprint density at radius 3 is 2.78 bits per heavy atom. The maximum absolute atomic E-state index is 5.48. The molecule has 0 aromatic heterocycles. The third-order valence-corrected chi connectivity index (χ3v) is 3.35. The molecule has 3 nitrogen and oxygen atoms in total. The van der Waals surface area contributed by atoms with Crippen LogP contribution in [0.25, 0.3) is 5.70 Å². The number of nitrogens with one attached hydrogen (secondary N) is 1. The van der Waals surface area contributed by atoms with Crippen LogP contribution in [0.1, 0.15) is 25.0 Å². The smallest absolute Gasteiger partial charge is 0.304 e. The molecule has 18 heavy (non-hydrogen) atoms. The molecular formula is C13H18ClN3S. The molecule has 1 aliphatic rings. The Balaban J connectivity index is 0.00000162. The van der Waals surface area contributed by atoms with Crippen LogP contribution in [0, 0.1) is 0 Å². The molecule has 0 unspecified atom stereocenters. The van der Waals surface area contributed by atoms with Gasteiger partial charge < -0.3 is 17.7 Å². The lowest BCUT2D eigenvalue weighted by atomic mass is 9.86. The van der Waals surface area contributed by atoms with E-state index in [1.165, 1.54) is 22.9 Å². The molecule has 1 aliphatic heterocycles. The van der Waals surface area contributed by atoms with Gasteiger partial charge in [0.2, 0.25) is 0 Å². The monoisotopic (exact) mass is 283 g/mol. The minimum Gasteiger partial charge on any atom is -1.00 e. The number of rotatable bonds is 1. The lowest BCUT2D eigenvalue weighted by Crippen LogP contribution is -3.00. The van der Waals surface area contributed by atoms with Gasteiger partial charge in [-0.1, -0.05) is 24.3 Å². The first-order chi connectivity index (χ1) is 7.98. The molecule has 5 heteroatoms. The number of fused-ring (bicyclic) bond motifs is 1. The van der Waals surface area contributed by atoms with E-state index in [1.54, 1.807) is 0 Å². The molecule has 0 saturated heterocycles. The first kappa shape index (κ1) is 14.9. The van der Waals surface area contributed by atoms with Crippen molar-refractivity contribution in [3.8, 4) is 0 Å². The highest BCUT2D eigenvalue weighted by Crippen LogP contribution is 2.30. The van der Waals surface area contributed by atoms with Crippen molar-refractivity contribution in [1.82, 2.24) is 5.32 Å². The maximum Gasteiger partial charge on any atom is 0.304 e. The molecule has 0 fully saturated rings. The fourth-order valence-electron chi connectivity index (χ4n) is 2.11. The number of nitrogens with two attached hydrogens (primary N) is 2. The third kappa shape index (κ3) is 3.43. The molecule has 0 bridgehead atoms. The molecule has 1 aromatic rings. The summed E-state index contributed by atoms with van der Waals surface area (Å²) in [5.74, 6) is 0. The molecular weight excluding hydrogens is 266 g/mol. The number of amidine groups is 1. The van der Waals surface area contributed by atoms with E-state index in [2.05, 4.69) is 37.4 Å². The summed E-state index contributed by atoms with van der Waals surface area (Å²) in [5, 5.41) is 11.3. The zero-order valence-corrected chi connectivity index (χ0v) is 12.1. The van der Waals surface area contributed by atoms with Gasteiger partial charge in [0.25, 0.3) is 0 Å². The van der Waals surface area contributed by atoms with E-state index in [0.29, 0.717) is 5.17 Å². The number of thioether (sulfide) groups is 1. The summed E-state index contributed by atoms with van der Waals surface area (Å²) >= 11 is 1.35. The zero-order valence-electron chi connectivity index (χ0n) is 10.5. The van der Waals surface area contributed by atoms with Gasteiger partial charge in [0.05, 0.1) is 0 Å². The molecule has 1 aromatic carbocycles. The van der Waals surface area contributed by atoms with Crippen LogP contribution in [0.2, 0.25) is 0 Å². The SMILES string of the molecule is CC1(C)Cc2ccccc2/C(=C/SC(N)=[NH2+])N1.[Cl-]. The van der Waals surface area contributed by atoms with Gasteiger partial charge in [-0.2, -0.15) is 0 Å². The van der Waals surface area contributed by atoms with E-state index in [-0.39, 0.29) is 17.9 Å². The Kier molecular flexibility index (Phi) is 4.71. The van der Waals surface area contributed by atoms with Crippen molar-refractivity contribution in [3.05, 3.63) is 40.8 Å². The molecule has 0 aliphatic carbocycles. The molecule has 0 radical (unpaired) electrons. The van der Waals surface area contributed by atoms with Crippen molar-refractivity contribution in [3.63, 3.8) is 0 Å². The summed E-state index contributed by atoms with van der Waals surface area (Å²) < 4.78 is 0. The van der Waals surface area contributed by atoms with Gasteiger partial charge in [-0.15, -0.1) is 0 Å². The van der Waals surface area contributed by atoms with Crippen molar-refractivity contribution >= 4 is 22.6 Å². The van der Waals surface area contributed by atoms with E-state index in [9.17, 15) is 0 Å². The largest absolute Gasteiger partial charge is 1.00 e. The van der Waals surface area contributed by atoms with Crippen LogP contribution in [0.3, 0.4) is 0 Å². The topological polar surface area (TPSA) is 63.6 Å². The van der Waals surface area contributed by atoms with Gasteiger partial charge >= 0.3 is 5.17 Å². The number of hydrogen-bond acceptors (Lipinski definition) is 2. The van der Waals surface area contributed by atoms with Crippen molar-refractivity contribution in [1.29, 1.82) is 0 Å². The van der Waals surface area contributed by atoms with E-state index in [0.717, 1.165) is 12.1 Å². The summed E-state index contributed by atoms with van der Waals surface area (Å²) in [6, 6.07) is 8.42. The van der Waals surface area contributed by atoms with Crippen LogP contribution in [-0.4, -0.2) is 10.7 Å². The van der Waals surface area contributed by atoms with Gasteiger partial charge in [0.15, 0.2) is 0 Å². The fraction of sp³-hybridized carbons (Fsp3) is 0.308. The molecule has 0 atom stereocenters. The summed E-state index contributed by atoms with van der Waals surface area (Å²) in [5.41, 5.74) is 9.23. The Hall–Kier alpha value is -1.13. The van der Waals surface area contributed by atoms with Crippen molar-refractivity contribution < 1.29 is 17.8 Å². The molecule has 0 amide bonds. The standard InChI is InChI=1S/C13H17N3S.ClH/c1-13(2)7-9-5-3-4-6-10(9)11(16-13)8-17-12(14)15;/h3-6,8,16H,7H2,1-2H3,(H3,14,15);1H/b11-8-;. The van der Waals surface area contributed by atoms with Crippen LogP contribution in [0.5, 0.6) is 0 Å². The molecule has 0 saturated carbocycles. The Bertz CT molecular complexity index is 483. The lowest BCUT2D eigenvalue weighted by Gasteiger charge is -2.35. The molecule has 5 N–H and O–H groups in total. The van der Waals surface area contributed by atoms with Gasteiger partial charge in [-0.05, 0) is 37.6 Å². The zero-order chi connectivity index (χ0) is 12.5. The summed E-state index contributed by atoms with van der Waals surface area (Å²) in [6.45, 7) is 4.38. The second kappa shape index (κ2) is 5.67. The van der Waals surface area contributed by atoms with Crippen molar-refractivity contribution in [2.24, 2.45) is 5.73 Å². The molecule has 1 heterocycles. The van der Waals surface area contributed by atoms with E-state index in [1.807, 2.05) is 11.5 Å². The third-order valence-electron chi connectivity index (χ3n) is 2.73. The second-order valence-electron chi connectivity index (χ2n) is 4.89. The summed E-state index contributed by atoms with van der Waals surface area (Å²) in [4.78, 5) is 0. The Morgan fingerprint density at radius 2 is 2.11 bits per heavy atom. The minimum atomic E-state index is 0. The highest BCUT2D eigenvalue weighted by Gasteiger charge is 2.27. The molecule has 98 valence electrons. The highest BCUT2D eigenvalue weighted by atomic mass is 35.5. The maximum atomic E-state index is 5.48. The van der Waals surface area contributed by atoms with Crippen LogP contribution >= 0.6 is 11.8 Å². The van der Waals surface area contributed by atoms with Gasteiger partial charge in [-0.3, -0.25) is 11.1 Å². The van der Waals surface area contributed by atoms with Crippen LogP contribution in [0.15, 0.2) is 29.7 Å². The summed E-state index contributed by atoms with van der Waals surface area (Å²) in [7, 11) is 0. The fourth-order valence-corrected chi connectivity index (χ4v) is 2.55. The first-order valence-corrected chi connectivity index (χ1v) is 6.47. The van der Waals surface area contributed by atoms with Gasteiger partial charge in [-0.25, -0.2) is 0 Å². The normalized spacial score (nSPS) is 18.4. The van der Waals surface area contributed by atoms with E-state index < -0.39 is 0 Å². The highest BCUT2D eigenvalue weighted by molar-refractivity contribution is 8.16. The van der Waals surface area contributed by atoms with Crippen molar-refractivity contribution in [2.75, 3.05) is 0 Å². The second-order valence-corrected chi connectivity index (χ2v) is 5.84. The van der Waals surface area contributed by atoms with E-state index in [4.69, 9.17) is 11.1 Å². The predicted octanol–water partition coefficient (Wildman–Crippen LogP) is -2.28. The Labute approximate surface area is 118 Å². The number of hydrogen-bond donors (Lipinski definition) is 3. The molecule has 2 rings (SSSR count). The van der Waals surface area contributed by atoms with E-state index >= 15 is 0 Å². The van der Waals surface area contributed by atoms with Gasteiger partial charge in [0.1, 0.15) is 0 Å². The first-order valence-electron chi connectivity index (χ1n) is 5.59. The quantitative estimate of drug-likeness (QED) is 0.402. The number of halogens is 1. The van der Waals surface area contributed by atoms with Crippen LogP contribution in [0.4, 0.5) is 0 Å². The average molecular weight is 284 g/mol. The minimum absolute atomic E-state index is 0. The van der Waals surface area contributed by atoms with Crippen molar-refractivity contribution in [2.45, 2.75) is 25.8 Å². The lowest BCUT2D eigenvalue weighted by molar-refractivity contribution is -0.109. The number of benzene rings is 1. The predicted molar refractivity (Wildman–Crippen MR) is 74.0 cm³/mol.